The minimum Gasteiger partial charge on any atom is -0.390 e. The number of rotatable bonds is 8. The van der Waals surface area contributed by atoms with Gasteiger partial charge >= 0.3 is 8.80 Å². The van der Waals surface area contributed by atoms with Gasteiger partial charge in [-0.1, -0.05) is 12.2 Å². The fraction of sp³-hybridized carbons (Fsp3) is 0.778. The SMILES string of the molecule is C=C(C)COCCC[Si](O)(O)OCC. The quantitative estimate of drug-likeness (QED) is 0.363. The maximum absolute atomic E-state index is 9.32. The summed E-state index contributed by atoms with van der Waals surface area (Å²) >= 11 is 0. The van der Waals surface area contributed by atoms with Crippen molar-refractivity contribution in [3.63, 3.8) is 0 Å². The van der Waals surface area contributed by atoms with Crippen molar-refractivity contribution < 1.29 is 18.8 Å². The van der Waals surface area contributed by atoms with Crippen LogP contribution in [0.2, 0.25) is 6.04 Å². The molecule has 14 heavy (non-hydrogen) atoms. The fourth-order valence-electron chi connectivity index (χ4n) is 0.954. The van der Waals surface area contributed by atoms with Gasteiger partial charge in [-0.25, -0.2) is 0 Å². The zero-order valence-corrected chi connectivity index (χ0v) is 9.95. The third-order valence-corrected chi connectivity index (χ3v) is 3.27. The summed E-state index contributed by atoms with van der Waals surface area (Å²) in [5, 5.41) is 0. The molecule has 0 aromatic rings. The first-order valence-electron chi connectivity index (χ1n) is 4.79. The zero-order valence-electron chi connectivity index (χ0n) is 8.95. The molecule has 0 bridgehead atoms. The molecule has 0 fully saturated rings. The maximum atomic E-state index is 9.32. The number of hydrogen-bond donors (Lipinski definition) is 2. The van der Waals surface area contributed by atoms with Gasteiger partial charge in [-0.3, -0.25) is 0 Å². The normalized spacial score (nSPS) is 11.7. The second-order valence-corrected chi connectivity index (χ2v) is 5.56. The van der Waals surface area contributed by atoms with Gasteiger partial charge in [-0.05, 0) is 20.3 Å². The average Bonchev–Trinajstić information content (AvgIpc) is 2.02. The van der Waals surface area contributed by atoms with E-state index in [1.165, 1.54) is 0 Å². The van der Waals surface area contributed by atoms with Gasteiger partial charge in [0.25, 0.3) is 0 Å². The Morgan fingerprint density at radius 2 is 2.07 bits per heavy atom. The smallest absolute Gasteiger partial charge is 0.390 e. The van der Waals surface area contributed by atoms with E-state index >= 15 is 0 Å². The van der Waals surface area contributed by atoms with Crippen LogP contribution in [0.25, 0.3) is 0 Å². The molecule has 0 amide bonds. The summed E-state index contributed by atoms with van der Waals surface area (Å²) in [6.45, 7) is 8.70. The Labute approximate surface area is 86.5 Å². The molecule has 2 N–H and O–H groups in total. The van der Waals surface area contributed by atoms with Crippen molar-refractivity contribution in [2.75, 3.05) is 19.8 Å². The molecular formula is C9H20O4Si. The molecule has 0 aromatic heterocycles. The van der Waals surface area contributed by atoms with Gasteiger partial charge in [-0.15, -0.1) is 0 Å². The number of hydrogen-bond acceptors (Lipinski definition) is 4. The Balaban J connectivity index is 3.39. The molecule has 4 nitrogen and oxygen atoms in total. The van der Waals surface area contributed by atoms with E-state index in [0.29, 0.717) is 26.2 Å². The second-order valence-electron chi connectivity index (χ2n) is 3.29. The molecule has 0 aliphatic carbocycles. The first kappa shape index (κ1) is 13.8. The highest BCUT2D eigenvalue weighted by Crippen LogP contribution is 2.07. The average molecular weight is 220 g/mol. The van der Waals surface area contributed by atoms with Gasteiger partial charge in [0.15, 0.2) is 0 Å². The standard InChI is InChI=1S/C9H20O4Si/c1-4-13-14(10,11)7-5-6-12-8-9(2)3/h10-11H,2,4-8H2,1,3H3. The van der Waals surface area contributed by atoms with E-state index in [4.69, 9.17) is 9.16 Å². The predicted octanol–water partition coefficient (Wildman–Crippen LogP) is 0.929. The molecular weight excluding hydrogens is 200 g/mol. The molecule has 0 saturated carbocycles. The van der Waals surface area contributed by atoms with Gasteiger partial charge in [0.1, 0.15) is 0 Å². The van der Waals surface area contributed by atoms with Gasteiger partial charge in [0, 0.05) is 19.3 Å². The van der Waals surface area contributed by atoms with Crippen LogP contribution < -0.4 is 0 Å². The molecule has 0 radical (unpaired) electrons. The summed E-state index contributed by atoms with van der Waals surface area (Å²) in [6, 6.07) is 0.289. The molecule has 0 unspecified atom stereocenters. The molecule has 0 aromatic carbocycles. The van der Waals surface area contributed by atoms with Crippen LogP contribution in [0.15, 0.2) is 12.2 Å². The van der Waals surface area contributed by atoms with E-state index in [1.54, 1.807) is 6.92 Å². The van der Waals surface area contributed by atoms with Gasteiger partial charge < -0.3 is 18.8 Å². The van der Waals surface area contributed by atoms with Gasteiger partial charge in [0.05, 0.1) is 6.61 Å². The summed E-state index contributed by atoms with van der Waals surface area (Å²) in [5.74, 6) is 0. The lowest BCUT2D eigenvalue weighted by Crippen LogP contribution is -2.38. The highest BCUT2D eigenvalue weighted by molar-refractivity contribution is 6.57. The first-order chi connectivity index (χ1) is 6.48. The summed E-state index contributed by atoms with van der Waals surface area (Å²) < 4.78 is 10.0. The molecule has 0 rings (SSSR count). The Morgan fingerprint density at radius 1 is 1.43 bits per heavy atom. The van der Waals surface area contributed by atoms with E-state index in [0.717, 1.165) is 5.57 Å². The van der Waals surface area contributed by atoms with E-state index in [9.17, 15) is 9.59 Å². The van der Waals surface area contributed by atoms with Crippen LogP contribution in [-0.2, 0) is 9.16 Å². The molecule has 0 atom stereocenters. The van der Waals surface area contributed by atoms with Crippen LogP contribution in [0, 0.1) is 0 Å². The number of ether oxygens (including phenoxy) is 1. The topological polar surface area (TPSA) is 58.9 Å². The van der Waals surface area contributed by atoms with E-state index in [1.807, 2.05) is 6.92 Å². The lowest BCUT2D eigenvalue weighted by Gasteiger charge is -2.16. The second kappa shape index (κ2) is 7.14. The minimum absolute atomic E-state index is 0.289. The van der Waals surface area contributed by atoms with Crippen LogP contribution in [0.3, 0.4) is 0 Å². The van der Waals surface area contributed by atoms with Crippen molar-refractivity contribution in [3.05, 3.63) is 12.2 Å². The summed E-state index contributed by atoms with van der Waals surface area (Å²) in [4.78, 5) is 18.6. The molecule has 0 aliphatic rings. The Hall–Kier alpha value is -0.203. The third kappa shape index (κ3) is 8.40. The minimum atomic E-state index is -3.38. The monoisotopic (exact) mass is 220 g/mol. The molecule has 0 aliphatic heterocycles. The summed E-state index contributed by atoms with van der Waals surface area (Å²) in [5.41, 5.74) is 0.964. The fourth-order valence-corrected chi connectivity index (χ4v) is 2.17. The Bertz CT molecular complexity index is 170. The highest BCUT2D eigenvalue weighted by Gasteiger charge is 2.30. The Kier molecular flexibility index (Phi) is 7.03. The van der Waals surface area contributed by atoms with Crippen LogP contribution >= 0.6 is 0 Å². The van der Waals surface area contributed by atoms with Crippen molar-refractivity contribution in [3.8, 4) is 0 Å². The van der Waals surface area contributed by atoms with E-state index in [2.05, 4.69) is 6.58 Å². The van der Waals surface area contributed by atoms with Crippen molar-refractivity contribution in [2.24, 2.45) is 0 Å². The highest BCUT2D eigenvalue weighted by atomic mass is 28.4. The predicted molar refractivity (Wildman–Crippen MR) is 56.9 cm³/mol. The first-order valence-corrected chi connectivity index (χ1v) is 6.79. The van der Waals surface area contributed by atoms with Crippen molar-refractivity contribution in [1.29, 1.82) is 0 Å². The molecule has 0 spiro atoms. The van der Waals surface area contributed by atoms with E-state index < -0.39 is 8.80 Å². The molecule has 5 heteroatoms. The zero-order chi connectivity index (χ0) is 11.0. The van der Waals surface area contributed by atoms with Crippen LogP contribution in [0.4, 0.5) is 0 Å². The largest absolute Gasteiger partial charge is 0.495 e. The van der Waals surface area contributed by atoms with E-state index in [-0.39, 0.29) is 6.04 Å². The summed E-state index contributed by atoms with van der Waals surface area (Å²) in [7, 11) is -3.38. The summed E-state index contributed by atoms with van der Waals surface area (Å²) in [6.07, 6.45) is 0.604. The molecule has 0 saturated heterocycles. The van der Waals surface area contributed by atoms with Crippen molar-refractivity contribution in [2.45, 2.75) is 26.3 Å². The molecule has 84 valence electrons. The molecule has 0 heterocycles. The Morgan fingerprint density at radius 3 is 2.57 bits per heavy atom. The lowest BCUT2D eigenvalue weighted by atomic mass is 10.4. The lowest BCUT2D eigenvalue weighted by molar-refractivity contribution is 0.134. The van der Waals surface area contributed by atoms with Crippen LogP contribution in [-0.4, -0.2) is 38.2 Å². The van der Waals surface area contributed by atoms with Gasteiger partial charge in [0.2, 0.25) is 0 Å². The third-order valence-electron chi connectivity index (χ3n) is 1.52. The van der Waals surface area contributed by atoms with Crippen molar-refractivity contribution >= 4 is 8.80 Å². The van der Waals surface area contributed by atoms with Gasteiger partial charge in [-0.2, -0.15) is 0 Å². The maximum Gasteiger partial charge on any atom is 0.495 e. The van der Waals surface area contributed by atoms with Crippen LogP contribution in [0.1, 0.15) is 20.3 Å². The van der Waals surface area contributed by atoms with Crippen LogP contribution in [0.5, 0.6) is 0 Å². The van der Waals surface area contributed by atoms with Crippen molar-refractivity contribution in [1.82, 2.24) is 0 Å².